The number of rotatable bonds is 3. The topological polar surface area (TPSA) is 26.7 Å². The molecule has 2 aromatic carbocycles. The first-order valence-electron chi connectivity index (χ1n) is 8.59. The Kier molecular flexibility index (Phi) is 4.06. The van der Waals surface area contributed by atoms with Gasteiger partial charge in [-0.1, -0.05) is 36.4 Å². The summed E-state index contributed by atoms with van der Waals surface area (Å²) in [5.41, 5.74) is 4.11. The molecule has 1 N–H and O–H groups in total. The van der Waals surface area contributed by atoms with E-state index in [-0.39, 0.29) is 0 Å². The molecule has 2 aliphatic rings. The van der Waals surface area contributed by atoms with E-state index in [1.807, 2.05) is 12.1 Å². The van der Waals surface area contributed by atoms with Gasteiger partial charge in [0.05, 0.1) is 0 Å². The van der Waals surface area contributed by atoms with Crippen molar-refractivity contribution in [3.63, 3.8) is 0 Å². The molecule has 0 aliphatic carbocycles. The summed E-state index contributed by atoms with van der Waals surface area (Å²) in [7, 11) is 0. The third-order valence-electron chi connectivity index (χ3n) is 5.24. The Hall–Kier alpha value is -1.84. The van der Waals surface area contributed by atoms with E-state index >= 15 is 0 Å². The highest BCUT2D eigenvalue weighted by Gasteiger charge is 2.29. The highest BCUT2D eigenvalue weighted by molar-refractivity contribution is 5.36. The number of phenolic OH excluding ortho intramolecular Hbond substituents is 1. The lowest BCUT2D eigenvalue weighted by Gasteiger charge is -2.33. The molecule has 120 valence electrons. The van der Waals surface area contributed by atoms with E-state index in [0.717, 1.165) is 26.1 Å². The molecule has 0 saturated carbocycles. The molecule has 0 bridgehead atoms. The van der Waals surface area contributed by atoms with Crippen molar-refractivity contribution in [3.8, 4) is 5.75 Å². The van der Waals surface area contributed by atoms with Crippen LogP contribution in [-0.2, 0) is 19.5 Å². The van der Waals surface area contributed by atoms with Crippen LogP contribution in [0.1, 0.15) is 23.1 Å². The molecule has 2 aromatic rings. The number of benzene rings is 2. The fourth-order valence-corrected chi connectivity index (χ4v) is 3.97. The molecule has 2 heterocycles. The minimum Gasteiger partial charge on any atom is -0.508 e. The highest BCUT2D eigenvalue weighted by Crippen LogP contribution is 2.27. The summed E-state index contributed by atoms with van der Waals surface area (Å²) in [6.45, 7) is 5.57. The molecular weight excluding hydrogens is 284 g/mol. The van der Waals surface area contributed by atoms with E-state index in [2.05, 4.69) is 46.2 Å². The zero-order valence-corrected chi connectivity index (χ0v) is 13.5. The molecule has 3 heteroatoms. The van der Waals surface area contributed by atoms with Crippen molar-refractivity contribution in [2.75, 3.05) is 19.6 Å². The Morgan fingerprint density at radius 2 is 1.87 bits per heavy atom. The molecule has 1 unspecified atom stereocenters. The second-order valence-corrected chi connectivity index (χ2v) is 6.84. The van der Waals surface area contributed by atoms with Crippen LogP contribution < -0.4 is 0 Å². The maximum atomic E-state index is 9.62. The quantitative estimate of drug-likeness (QED) is 0.944. The molecule has 2 aliphatic heterocycles. The van der Waals surface area contributed by atoms with E-state index in [4.69, 9.17) is 0 Å². The number of fused-ring (bicyclic) bond motifs is 1. The van der Waals surface area contributed by atoms with Crippen LogP contribution in [0, 0.1) is 0 Å². The molecule has 0 spiro atoms. The largest absolute Gasteiger partial charge is 0.508 e. The smallest absolute Gasteiger partial charge is 0.115 e. The zero-order chi connectivity index (χ0) is 15.6. The van der Waals surface area contributed by atoms with Gasteiger partial charge in [-0.15, -0.1) is 0 Å². The first-order chi connectivity index (χ1) is 11.3. The SMILES string of the molecule is Oc1ccc2c(c1)CCN(C1CCN(Cc3ccccc3)C1)C2. The van der Waals surface area contributed by atoms with E-state index in [0.29, 0.717) is 11.8 Å². The summed E-state index contributed by atoms with van der Waals surface area (Å²) in [4.78, 5) is 5.21. The van der Waals surface area contributed by atoms with Gasteiger partial charge in [0.15, 0.2) is 0 Å². The summed E-state index contributed by atoms with van der Waals surface area (Å²) in [5.74, 6) is 0.395. The minimum atomic E-state index is 0.395. The number of hydrogen-bond donors (Lipinski definition) is 1. The molecular formula is C20H24N2O. The number of hydrogen-bond acceptors (Lipinski definition) is 3. The fraction of sp³-hybridized carbons (Fsp3) is 0.400. The Balaban J connectivity index is 1.38. The van der Waals surface area contributed by atoms with Gasteiger partial charge in [0, 0.05) is 38.8 Å². The molecule has 0 amide bonds. The van der Waals surface area contributed by atoms with Crippen LogP contribution in [0.5, 0.6) is 5.75 Å². The maximum absolute atomic E-state index is 9.62. The summed E-state index contributed by atoms with van der Waals surface area (Å²) >= 11 is 0. The van der Waals surface area contributed by atoms with Crippen molar-refractivity contribution >= 4 is 0 Å². The average Bonchev–Trinajstić information content (AvgIpc) is 3.04. The predicted octanol–water partition coefficient (Wildman–Crippen LogP) is 3.02. The van der Waals surface area contributed by atoms with Gasteiger partial charge in [0.25, 0.3) is 0 Å². The molecule has 1 saturated heterocycles. The van der Waals surface area contributed by atoms with Gasteiger partial charge in [0.2, 0.25) is 0 Å². The first-order valence-corrected chi connectivity index (χ1v) is 8.59. The van der Waals surface area contributed by atoms with Crippen molar-refractivity contribution in [2.24, 2.45) is 0 Å². The van der Waals surface area contributed by atoms with Crippen LogP contribution >= 0.6 is 0 Å². The monoisotopic (exact) mass is 308 g/mol. The van der Waals surface area contributed by atoms with Gasteiger partial charge in [-0.05, 0) is 41.7 Å². The number of aromatic hydroxyl groups is 1. The Labute approximate surface area is 138 Å². The molecule has 0 aromatic heterocycles. The summed E-state index contributed by atoms with van der Waals surface area (Å²) in [5, 5.41) is 9.62. The van der Waals surface area contributed by atoms with Crippen molar-refractivity contribution in [1.29, 1.82) is 0 Å². The molecule has 1 atom stereocenters. The van der Waals surface area contributed by atoms with Crippen LogP contribution in [0.15, 0.2) is 48.5 Å². The normalized spacial score (nSPS) is 22.2. The Morgan fingerprint density at radius 1 is 1.00 bits per heavy atom. The lowest BCUT2D eigenvalue weighted by Crippen LogP contribution is -2.40. The predicted molar refractivity (Wildman–Crippen MR) is 92.3 cm³/mol. The van der Waals surface area contributed by atoms with Crippen molar-refractivity contribution in [1.82, 2.24) is 9.80 Å². The number of likely N-dealkylation sites (tertiary alicyclic amines) is 1. The van der Waals surface area contributed by atoms with Crippen molar-refractivity contribution in [3.05, 3.63) is 65.2 Å². The van der Waals surface area contributed by atoms with E-state index in [9.17, 15) is 5.11 Å². The van der Waals surface area contributed by atoms with Crippen LogP contribution in [0.3, 0.4) is 0 Å². The van der Waals surface area contributed by atoms with Gasteiger partial charge in [-0.2, -0.15) is 0 Å². The van der Waals surface area contributed by atoms with Crippen LogP contribution in [-0.4, -0.2) is 40.6 Å². The molecule has 4 rings (SSSR count). The standard InChI is InChI=1S/C20H24N2O/c23-20-7-6-18-14-22(11-8-17(18)12-20)19-9-10-21(15-19)13-16-4-2-1-3-5-16/h1-7,12,19,23H,8-11,13-15H2. The zero-order valence-electron chi connectivity index (χ0n) is 13.5. The first kappa shape index (κ1) is 14.7. The third-order valence-corrected chi connectivity index (χ3v) is 5.24. The van der Waals surface area contributed by atoms with Gasteiger partial charge >= 0.3 is 0 Å². The fourth-order valence-electron chi connectivity index (χ4n) is 3.97. The van der Waals surface area contributed by atoms with Gasteiger partial charge in [0.1, 0.15) is 5.75 Å². The van der Waals surface area contributed by atoms with Gasteiger partial charge in [-0.3, -0.25) is 9.80 Å². The minimum absolute atomic E-state index is 0.395. The highest BCUT2D eigenvalue weighted by atomic mass is 16.3. The number of nitrogens with zero attached hydrogens (tertiary/aromatic N) is 2. The molecule has 1 fully saturated rings. The van der Waals surface area contributed by atoms with E-state index < -0.39 is 0 Å². The van der Waals surface area contributed by atoms with E-state index in [1.54, 1.807) is 0 Å². The third kappa shape index (κ3) is 3.26. The van der Waals surface area contributed by atoms with Crippen molar-refractivity contribution in [2.45, 2.75) is 32.0 Å². The van der Waals surface area contributed by atoms with E-state index in [1.165, 1.54) is 36.2 Å². The maximum Gasteiger partial charge on any atom is 0.115 e. The van der Waals surface area contributed by atoms with Crippen LogP contribution in [0.2, 0.25) is 0 Å². The van der Waals surface area contributed by atoms with Crippen LogP contribution in [0.4, 0.5) is 0 Å². The summed E-state index contributed by atoms with van der Waals surface area (Å²) in [6, 6.07) is 17.3. The summed E-state index contributed by atoms with van der Waals surface area (Å²) in [6.07, 6.45) is 2.32. The lowest BCUT2D eigenvalue weighted by atomic mass is 9.98. The second kappa shape index (κ2) is 6.34. The second-order valence-electron chi connectivity index (χ2n) is 6.84. The molecule has 0 radical (unpaired) electrons. The summed E-state index contributed by atoms with van der Waals surface area (Å²) < 4.78 is 0. The molecule has 23 heavy (non-hydrogen) atoms. The molecule has 3 nitrogen and oxygen atoms in total. The number of phenols is 1. The van der Waals surface area contributed by atoms with Crippen molar-refractivity contribution < 1.29 is 5.11 Å². The Morgan fingerprint density at radius 3 is 2.74 bits per heavy atom. The van der Waals surface area contributed by atoms with Gasteiger partial charge < -0.3 is 5.11 Å². The van der Waals surface area contributed by atoms with Crippen LogP contribution in [0.25, 0.3) is 0 Å². The average molecular weight is 308 g/mol. The lowest BCUT2D eigenvalue weighted by molar-refractivity contribution is 0.175. The van der Waals surface area contributed by atoms with Gasteiger partial charge in [-0.25, -0.2) is 0 Å². The Bertz CT molecular complexity index is 671.